The first-order chi connectivity index (χ1) is 10.8. The summed E-state index contributed by atoms with van der Waals surface area (Å²) < 4.78 is 39.0. The summed E-state index contributed by atoms with van der Waals surface area (Å²) in [6, 6.07) is 12.0. The largest absolute Gasteiger partial charge is 0.416 e. The van der Waals surface area contributed by atoms with Gasteiger partial charge in [-0.25, -0.2) is 0 Å². The van der Waals surface area contributed by atoms with Crippen LogP contribution in [0.1, 0.15) is 12.5 Å². The van der Waals surface area contributed by atoms with Gasteiger partial charge in [-0.2, -0.15) is 13.2 Å². The summed E-state index contributed by atoms with van der Waals surface area (Å²) in [5, 5.41) is 2.21. The van der Waals surface area contributed by atoms with Crippen LogP contribution in [0.4, 0.5) is 18.9 Å². The van der Waals surface area contributed by atoms with Crippen LogP contribution >= 0.6 is 27.7 Å². The van der Waals surface area contributed by atoms with Crippen LogP contribution in [0, 0.1) is 0 Å². The lowest BCUT2D eigenvalue weighted by atomic mass is 10.2. The maximum atomic E-state index is 12.7. The summed E-state index contributed by atoms with van der Waals surface area (Å²) in [6.45, 7) is 1.65. The molecule has 2 rings (SSSR count). The Morgan fingerprint density at radius 2 is 1.83 bits per heavy atom. The molecule has 23 heavy (non-hydrogen) atoms. The van der Waals surface area contributed by atoms with Crippen molar-refractivity contribution in [3.05, 3.63) is 58.6 Å². The molecule has 0 fully saturated rings. The Bertz CT molecular complexity index is 688. The third kappa shape index (κ3) is 5.28. The summed E-state index contributed by atoms with van der Waals surface area (Å²) in [5.41, 5.74) is -0.0855. The lowest BCUT2D eigenvalue weighted by Gasteiger charge is -2.13. The second-order valence-electron chi connectivity index (χ2n) is 4.78. The Balaban J connectivity index is 2.02. The van der Waals surface area contributed by atoms with E-state index >= 15 is 0 Å². The highest BCUT2D eigenvalue weighted by atomic mass is 79.9. The molecule has 0 aliphatic rings. The molecule has 1 atom stereocenters. The van der Waals surface area contributed by atoms with Crippen molar-refractivity contribution in [2.45, 2.75) is 23.2 Å². The third-order valence-electron chi connectivity index (χ3n) is 2.96. The Labute approximate surface area is 144 Å². The highest BCUT2D eigenvalue weighted by molar-refractivity contribution is 9.10. The Morgan fingerprint density at radius 1 is 1.17 bits per heavy atom. The molecule has 122 valence electrons. The monoisotopic (exact) mass is 403 g/mol. The molecule has 0 radical (unpaired) electrons. The van der Waals surface area contributed by atoms with Gasteiger partial charge in [-0.1, -0.05) is 22.0 Å². The summed E-state index contributed by atoms with van der Waals surface area (Å²) in [4.78, 5) is 12.5. The van der Waals surface area contributed by atoms with E-state index in [0.717, 1.165) is 28.4 Å². The van der Waals surface area contributed by atoms with Crippen LogP contribution in [0.25, 0.3) is 0 Å². The van der Waals surface area contributed by atoms with Gasteiger partial charge in [0.15, 0.2) is 0 Å². The van der Waals surface area contributed by atoms with Gasteiger partial charge in [0.2, 0.25) is 5.91 Å². The number of alkyl halides is 3. The molecule has 0 unspecified atom stereocenters. The predicted octanol–water partition coefficient (Wildman–Crippen LogP) is 5.59. The first kappa shape index (κ1) is 17.9. The number of hydrogen-bond acceptors (Lipinski definition) is 2. The molecule has 2 nitrogen and oxygen atoms in total. The summed E-state index contributed by atoms with van der Waals surface area (Å²) in [7, 11) is 0. The molecule has 0 aliphatic heterocycles. The van der Waals surface area contributed by atoms with Crippen LogP contribution in [-0.4, -0.2) is 11.2 Å². The number of hydrogen-bond donors (Lipinski definition) is 1. The topological polar surface area (TPSA) is 29.1 Å². The molecule has 0 saturated heterocycles. The molecule has 2 aromatic carbocycles. The van der Waals surface area contributed by atoms with E-state index in [2.05, 4.69) is 21.2 Å². The molecule has 0 aromatic heterocycles. The minimum absolute atomic E-state index is 0.269. The Morgan fingerprint density at radius 3 is 2.43 bits per heavy atom. The van der Waals surface area contributed by atoms with Gasteiger partial charge in [-0.3, -0.25) is 4.79 Å². The average Bonchev–Trinajstić information content (AvgIpc) is 2.49. The van der Waals surface area contributed by atoms with E-state index in [-0.39, 0.29) is 5.91 Å². The normalized spacial score (nSPS) is 12.7. The Hall–Kier alpha value is -1.47. The van der Waals surface area contributed by atoms with Gasteiger partial charge in [-0.05, 0) is 49.4 Å². The van der Waals surface area contributed by atoms with Crippen molar-refractivity contribution in [3.63, 3.8) is 0 Å². The fraction of sp³-hybridized carbons (Fsp3) is 0.188. The second-order valence-corrected chi connectivity index (χ2v) is 7.11. The summed E-state index contributed by atoms with van der Waals surface area (Å²) >= 11 is 4.38. The molecule has 0 bridgehead atoms. The highest BCUT2D eigenvalue weighted by Gasteiger charge is 2.30. The minimum atomic E-state index is -4.39. The van der Waals surface area contributed by atoms with Crippen LogP contribution in [0.15, 0.2) is 57.9 Å². The predicted molar refractivity (Wildman–Crippen MR) is 89.5 cm³/mol. The zero-order valence-electron chi connectivity index (χ0n) is 12.0. The maximum Gasteiger partial charge on any atom is 0.416 e. The van der Waals surface area contributed by atoms with Gasteiger partial charge in [0.05, 0.1) is 10.8 Å². The zero-order valence-corrected chi connectivity index (χ0v) is 14.4. The van der Waals surface area contributed by atoms with Crippen molar-refractivity contribution < 1.29 is 18.0 Å². The van der Waals surface area contributed by atoms with E-state index in [1.807, 2.05) is 0 Å². The van der Waals surface area contributed by atoms with Gasteiger partial charge in [-0.15, -0.1) is 11.8 Å². The van der Waals surface area contributed by atoms with Gasteiger partial charge in [0.25, 0.3) is 0 Å². The van der Waals surface area contributed by atoms with Crippen molar-refractivity contribution in [1.29, 1.82) is 0 Å². The number of benzene rings is 2. The highest BCUT2D eigenvalue weighted by Crippen LogP contribution is 2.33. The smallest absolute Gasteiger partial charge is 0.325 e. The number of amides is 1. The van der Waals surface area contributed by atoms with Gasteiger partial charge in [0, 0.05) is 15.1 Å². The van der Waals surface area contributed by atoms with Crippen molar-refractivity contribution in [2.75, 3.05) is 5.32 Å². The van der Waals surface area contributed by atoms with Crippen LogP contribution in [0.3, 0.4) is 0 Å². The first-order valence-corrected chi connectivity index (χ1v) is 8.33. The number of thioether (sulfide) groups is 1. The van der Waals surface area contributed by atoms with Crippen LogP contribution < -0.4 is 5.32 Å². The number of anilines is 1. The molecular formula is C16H13BrF3NOS. The standard InChI is InChI=1S/C16H13BrF3NOS/c1-10(15(22)21-13-7-5-12(17)6-8-13)23-14-4-2-3-11(9-14)16(18,19)20/h2-10H,1H3,(H,21,22)/t10-/m1/s1. The van der Waals surface area contributed by atoms with Crippen molar-refractivity contribution in [3.8, 4) is 0 Å². The van der Waals surface area contributed by atoms with Crippen LogP contribution in [-0.2, 0) is 11.0 Å². The lowest BCUT2D eigenvalue weighted by Crippen LogP contribution is -2.22. The number of halogens is 4. The van der Waals surface area contributed by atoms with Gasteiger partial charge in [0.1, 0.15) is 0 Å². The molecule has 7 heteroatoms. The molecule has 0 saturated carbocycles. The fourth-order valence-corrected chi connectivity index (χ4v) is 2.97. The second kappa shape index (κ2) is 7.40. The molecular weight excluding hydrogens is 391 g/mol. The van der Waals surface area contributed by atoms with E-state index in [4.69, 9.17) is 0 Å². The van der Waals surface area contributed by atoms with E-state index in [9.17, 15) is 18.0 Å². The Kier molecular flexibility index (Phi) is 5.75. The maximum absolute atomic E-state index is 12.7. The van der Waals surface area contributed by atoms with Gasteiger partial charge < -0.3 is 5.32 Å². The van der Waals surface area contributed by atoms with Gasteiger partial charge >= 0.3 is 6.18 Å². The molecule has 1 amide bonds. The van der Waals surface area contributed by atoms with E-state index in [1.165, 1.54) is 6.07 Å². The molecule has 0 heterocycles. The van der Waals surface area contributed by atoms with Crippen molar-refractivity contribution in [1.82, 2.24) is 0 Å². The fourth-order valence-electron chi connectivity index (χ4n) is 1.78. The molecule has 0 spiro atoms. The van der Waals surface area contributed by atoms with E-state index < -0.39 is 17.0 Å². The third-order valence-corrected chi connectivity index (χ3v) is 4.58. The summed E-state index contributed by atoms with van der Waals surface area (Å²) in [6.07, 6.45) is -4.39. The number of rotatable bonds is 4. The van der Waals surface area contributed by atoms with Crippen LogP contribution in [0.5, 0.6) is 0 Å². The van der Waals surface area contributed by atoms with E-state index in [1.54, 1.807) is 37.3 Å². The lowest BCUT2D eigenvalue weighted by molar-refractivity contribution is -0.137. The van der Waals surface area contributed by atoms with Crippen molar-refractivity contribution in [2.24, 2.45) is 0 Å². The number of carbonyl (C=O) groups is 1. The minimum Gasteiger partial charge on any atom is -0.325 e. The SMILES string of the molecule is C[C@@H](Sc1cccc(C(F)(F)F)c1)C(=O)Nc1ccc(Br)cc1. The zero-order chi connectivity index (χ0) is 17.0. The quantitative estimate of drug-likeness (QED) is 0.674. The summed E-state index contributed by atoms with van der Waals surface area (Å²) in [5.74, 6) is -0.269. The molecule has 2 aromatic rings. The molecule has 1 N–H and O–H groups in total. The first-order valence-electron chi connectivity index (χ1n) is 6.66. The number of nitrogens with one attached hydrogen (secondary N) is 1. The van der Waals surface area contributed by atoms with Crippen LogP contribution in [0.2, 0.25) is 0 Å². The average molecular weight is 404 g/mol. The molecule has 0 aliphatic carbocycles. The van der Waals surface area contributed by atoms with Crippen molar-refractivity contribution >= 4 is 39.3 Å². The number of carbonyl (C=O) groups excluding carboxylic acids is 1. The van der Waals surface area contributed by atoms with E-state index in [0.29, 0.717) is 10.6 Å².